The summed E-state index contributed by atoms with van der Waals surface area (Å²) >= 11 is 0. The Bertz CT molecular complexity index is 554. The van der Waals surface area contributed by atoms with E-state index in [4.69, 9.17) is 4.74 Å². The van der Waals surface area contributed by atoms with Crippen LogP contribution in [-0.2, 0) is 6.54 Å². The predicted octanol–water partition coefficient (Wildman–Crippen LogP) is 3.36. The first-order valence-electron chi connectivity index (χ1n) is 7.28. The molecule has 1 aromatic heterocycles. The molecule has 4 heteroatoms. The molecular weight excluding hydrogens is 262 g/mol. The molecule has 2 aromatic rings. The van der Waals surface area contributed by atoms with E-state index in [2.05, 4.69) is 23.3 Å². The molecule has 0 saturated carbocycles. The Morgan fingerprint density at radius 2 is 2.00 bits per heavy atom. The Hall–Kier alpha value is -2.07. The first-order valence-corrected chi connectivity index (χ1v) is 7.28. The van der Waals surface area contributed by atoms with Gasteiger partial charge in [-0.1, -0.05) is 25.1 Å². The third kappa shape index (κ3) is 3.95. The van der Waals surface area contributed by atoms with Crippen LogP contribution in [0.15, 0.2) is 42.6 Å². The Morgan fingerprint density at radius 1 is 1.19 bits per heavy atom. The minimum atomic E-state index is 0.843. The lowest BCUT2D eigenvalue weighted by Crippen LogP contribution is -2.15. The lowest BCUT2D eigenvalue weighted by molar-refractivity contribution is 0.415. The van der Waals surface area contributed by atoms with Gasteiger partial charge < -0.3 is 15.0 Å². The smallest absolute Gasteiger partial charge is 0.142 e. The van der Waals surface area contributed by atoms with Crippen LogP contribution >= 0.6 is 0 Å². The zero-order valence-electron chi connectivity index (χ0n) is 13.0. The molecule has 1 N–H and O–H groups in total. The maximum absolute atomic E-state index is 5.40. The van der Waals surface area contributed by atoms with E-state index in [1.807, 2.05) is 48.5 Å². The van der Waals surface area contributed by atoms with E-state index in [0.29, 0.717) is 0 Å². The van der Waals surface area contributed by atoms with Crippen LogP contribution in [0.3, 0.4) is 0 Å². The van der Waals surface area contributed by atoms with Gasteiger partial charge in [0, 0.05) is 19.8 Å². The van der Waals surface area contributed by atoms with Crippen molar-refractivity contribution < 1.29 is 4.74 Å². The second-order valence-corrected chi connectivity index (χ2v) is 4.93. The molecule has 4 nitrogen and oxygen atoms in total. The van der Waals surface area contributed by atoms with Gasteiger partial charge in [-0.2, -0.15) is 0 Å². The molecule has 112 valence electrons. The highest BCUT2D eigenvalue weighted by molar-refractivity contribution is 5.66. The van der Waals surface area contributed by atoms with Crippen LogP contribution < -0.4 is 15.0 Å². The second-order valence-electron chi connectivity index (χ2n) is 4.93. The minimum absolute atomic E-state index is 0.843. The van der Waals surface area contributed by atoms with Gasteiger partial charge >= 0.3 is 0 Å². The number of methoxy groups -OCH3 is 1. The fraction of sp³-hybridized carbons (Fsp3) is 0.353. The van der Waals surface area contributed by atoms with E-state index in [1.54, 1.807) is 7.11 Å². The zero-order valence-corrected chi connectivity index (χ0v) is 13.0. The van der Waals surface area contributed by atoms with Gasteiger partial charge in [0.25, 0.3) is 0 Å². The van der Waals surface area contributed by atoms with E-state index in [9.17, 15) is 0 Å². The van der Waals surface area contributed by atoms with Gasteiger partial charge in [0.15, 0.2) is 0 Å². The van der Waals surface area contributed by atoms with Gasteiger partial charge in [0.05, 0.1) is 12.8 Å². The number of anilines is 2. The molecule has 0 saturated heterocycles. The molecule has 0 aliphatic carbocycles. The summed E-state index contributed by atoms with van der Waals surface area (Å²) in [5.74, 6) is 1.74. The molecule has 1 aromatic carbocycles. The van der Waals surface area contributed by atoms with Crippen molar-refractivity contribution >= 4 is 11.5 Å². The molecule has 0 fully saturated rings. The number of hydrogen-bond donors (Lipinski definition) is 1. The van der Waals surface area contributed by atoms with E-state index >= 15 is 0 Å². The molecule has 0 atom stereocenters. The lowest BCUT2D eigenvalue weighted by atomic mass is 10.2. The van der Waals surface area contributed by atoms with Gasteiger partial charge in [-0.3, -0.25) is 0 Å². The molecule has 21 heavy (non-hydrogen) atoms. The monoisotopic (exact) mass is 285 g/mol. The van der Waals surface area contributed by atoms with E-state index in [-0.39, 0.29) is 0 Å². The summed E-state index contributed by atoms with van der Waals surface area (Å²) in [6, 6.07) is 12.1. The number of ether oxygens (including phenoxy) is 1. The molecule has 0 spiro atoms. The van der Waals surface area contributed by atoms with Crippen molar-refractivity contribution in [3.63, 3.8) is 0 Å². The largest absolute Gasteiger partial charge is 0.495 e. The summed E-state index contributed by atoms with van der Waals surface area (Å²) in [6.07, 6.45) is 3.06. The number of nitrogens with one attached hydrogen (secondary N) is 1. The average molecular weight is 285 g/mol. The van der Waals surface area contributed by atoms with E-state index in [0.717, 1.165) is 36.8 Å². The van der Waals surface area contributed by atoms with Crippen LogP contribution in [-0.4, -0.2) is 25.7 Å². The first kappa shape index (κ1) is 15.3. The molecular formula is C17H23N3O. The van der Waals surface area contributed by atoms with Crippen molar-refractivity contribution in [1.82, 2.24) is 10.3 Å². The molecule has 1 heterocycles. The Balaban J connectivity index is 2.10. The third-order valence-corrected chi connectivity index (χ3v) is 3.36. The summed E-state index contributed by atoms with van der Waals surface area (Å²) < 4.78 is 5.40. The number of rotatable bonds is 7. The summed E-state index contributed by atoms with van der Waals surface area (Å²) in [5, 5.41) is 3.38. The van der Waals surface area contributed by atoms with Crippen LogP contribution in [0.4, 0.5) is 11.5 Å². The number of pyridine rings is 1. The molecule has 0 radical (unpaired) electrons. The van der Waals surface area contributed by atoms with Gasteiger partial charge in [-0.05, 0) is 36.7 Å². The highest BCUT2D eigenvalue weighted by Crippen LogP contribution is 2.30. The molecule has 0 bridgehead atoms. The van der Waals surface area contributed by atoms with Crippen molar-refractivity contribution in [3.05, 3.63) is 48.2 Å². The third-order valence-electron chi connectivity index (χ3n) is 3.36. The van der Waals surface area contributed by atoms with Gasteiger partial charge in [-0.25, -0.2) is 4.98 Å². The van der Waals surface area contributed by atoms with Crippen molar-refractivity contribution in [2.24, 2.45) is 0 Å². The molecule has 0 aliphatic heterocycles. The number of aromatic nitrogens is 1. The van der Waals surface area contributed by atoms with Crippen molar-refractivity contribution in [3.8, 4) is 5.75 Å². The van der Waals surface area contributed by atoms with Crippen LogP contribution in [0.5, 0.6) is 5.75 Å². The average Bonchev–Trinajstić information content (AvgIpc) is 2.55. The molecule has 0 aliphatic rings. The summed E-state index contributed by atoms with van der Waals surface area (Å²) in [6.45, 7) is 4.05. The quantitative estimate of drug-likeness (QED) is 0.792. The lowest BCUT2D eigenvalue weighted by Gasteiger charge is -2.20. The second kappa shape index (κ2) is 7.64. The fourth-order valence-corrected chi connectivity index (χ4v) is 2.16. The minimum Gasteiger partial charge on any atom is -0.495 e. The maximum atomic E-state index is 5.40. The number of hydrogen-bond acceptors (Lipinski definition) is 4. The highest BCUT2D eigenvalue weighted by Gasteiger charge is 2.10. The maximum Gasteiger partial charge on any atom is 0.142 e. The Kier molecular flexibility index (Phi) is 5.58. The fourth-order valence-electron chi connectivity index (χ4n) is 2.16. The van der Waals surface area contributed by atoms with Crippen molar-refractivity contribution in [2.75, 3.05) is 25.6 Å². The first-order chi connectivity index (χ1) is 10.3. The van der Waals surface area contributed by atoms with Crippen LogP contribution in [0, 0.1) is 0 Å². The normalized spacial score (nSPS) is 10.4. The van der Waals surface area contributed by atoms with Crippen LogP contribution in [0.1, 0.15) is 18.9 Å². The predicted molar refractivity (Wildman–Crippen MR) is 87.3 cm³/mol. The van der Waals surface area contributed by atoms with Gasteiger partial charge in [0.2, 0.25) is 0 Å². The number of para-hydroxylation sites is 2. The number of benzene rings is 1. The van der Waals surface area contributed by atoms with Crippen molar-refractivity contribution in [1.29, 1.82) is 0 Å². The van der Waals surface area contributed by atoms with Crippen LogP contribution in [0.2, 0.25) is 0 Å². The van der Waals surface area contributed by atoms with E-state index < -0.39 is 0 Å². The SMILES string of the molecule is CCCNCc1ccc(N(C)c2ccccc2OC)nc1. The zero-order chi connectivity index (χ0) is 15.1. The Labute approximate surface area is 126 Å². The van der Waals surface area contributed by atoms with E-state index in [1.165, 1.54) is 5.56 Å². The summed E-state index contributed by atoms with van der Waals surface area (Å²) in [4.78, 5) is 6.57. The van der Waals surface area contributed by atoms with Crippen LogP contribution in [0.25, 0.3) is 0 Å². The molecule has 0 amide bonds. The Morgan fingerprint density at radius 3 is 2.67 bits per heavy atom. The van der Waals surface area contributed by atoms with Gasteiger partial charge in [0.1, 0.15) is 11.6 Å². The standard InChI is InChI=1S/C17H23N3O/c1-4-11-18-12-14-9-10-17(19-13-14)20(2)15-7-5-6-8-16(15)21-3/h5-10,13,18H,4,11-12H2,1-3H3. The highest BCUT2D eigenvalue weighted by atomic mass is 16.5. The summed E-state index contributed by atoms with van der Waals surface area (Å²) in [5.41, 5.74) is 2.20. The van der Waals surface area contributed by atoms with Gasteiger partial charge in [-0.15, -0.1) is 0 Å². The van der Waals surface area contributed by atoms with Crippen molar-refractivity contribution in [2.45, 2.75) is 19.9 Å². The topological polar surface area (TPSA) is 37.4 Å². The number of nitrogens with zero attached hydrogens (tertiary/aromatic N) is 2. The molecule has 2 rings (SSSR count). The summed E-state index contributed by atoms with van der Waals surface area (Å²) in [7, 11) is 3.68. The molecule has 0 unspecified atom stereocenters.